The Morgan fingerprint density at radius 3 is 2.78 bits per heavy atom. The first-order valence-electron chi connectivity index (χ1n) is 5.54. The number of nitrogens with one attached hydrogen (secondary N) is 2. The summed E-state index contributed by atoms with van der Waals surface area (Å²) in [5.41, 5.74) is 0. The number of furan rings is 1. The number of amides is 2. The van der Waals surface area contributed by atoms with Crippen molar-refractivity contribution in [2.24, 2.45) is 0 Å². The Balaban J connectivity index is 2.25. The third-order valence-corrected chi connectivity index (χ3v) is 2.26. The predicted molar refractivity (Wildman–Crippen MR) is 62.1 cm³/mol. The zero-order chi connectivity index (χ0) is 13.4. The molecule has 4 N–H and O–H groups in total. The lowest BCUT2D eigenvalue weighted by molar-refractivity contribution is -0.139. The monoisotopic (exact) mass is 256 g/mol. The van der Waals surface area contributed by atoms with Crippen LogP contribution in [0.2, 0.25) is 0 Å². The van der Waals surface area contributed by atoms with Crippen LogP contribution in [0.4, 0.5) is 4.79 Å². The van der Waals surface area contributed by atoms with E-state index in [1.807, 2.05) is 0 Å². The van der Waals surface area contributed by atoms with Crippen LogP contribution in [0, 0.1) is 0 Å². The molecular weight excluding hydrogens is 240 g/mol. The van der Waals surface area contributed by atoms with Gasteiger partial charge in [0.1, 0.15) is 11.8 Å². The molecule has 1 aromatic heterocycles. The van der Waals surface area contributed by atoms with Crippen molar-refractivity contribution in [2.75, 3.05) is 13.2 Å². The number of hydrogen-bond donors (Lipinski definition) is 4. The topological polar surface area (TPSA) is 112 Å². The number of aliphatic hydroxyl groups is 1. The maximum atomic E-state index is 11.4. The molecule has 7 nitrogen and oxygen atoms in total. The SMILES string of the molecule is O=C(NCCc1ccco1)N[C@@H](CCO)C(=O)O. The third-order valence-electron chi connectivity index (χ3n) is 2.26. The smallest absolute Gasteiger partial charge is 0.326 e. The highest BCUT2D eigenvalue weighted by Crippen LogP contribution is 1.99. The van der Waals surface area contributed by atoms with Crippen molar-refractivity contribution in [2.45, 2.75) is 18.9 Å². The van der Waals surface area contributed by atoms with Crippen LogP contribution in [0.25, 0.3) is 0 Å². The number of carboxylic acid groups (broad SMARTS) is 1. The fourth-order valence-electron chi connectivity index (χ4n) is 1.35. The zero-order valence-electron chi connectivity index (χ0n) is 9.76. The van der Waals surface area contributed by atoms with Gasteiger partial charge in [0.25, 0.3) is 0 Å². The fourth-order valence-corrected chi connectivity index (χ4v) is 1.35. The predicted octanol–water partition coefficient (Wildman–Crippen LogP) is -0.0431. The molecule has 1 heterocycles. The van der Waals surface area contributed by atoms with Crippen molar-refractivity contribution in [1.82, 2.24) is 10.6 Å². The minimum absolute atomic E-state index is 0.0268. The van der Waals surface area contributed by atoms with Gasteiger partial charge in [-0.25, -0.2) is 9.59 Å². The molecule has 1 rings (SSSR count). The molecule has 18 heavy (non-hydrogen) atoms. The molecule has 2 amide bonds. The molecule has 1 aromatic rings. The Morgan fingerprint density at radius 1 is 1.44 bits per heavy atom. The molecule has 100 valence electrons. The lowest BCUT2D eigenvalue weighted by Gasteiger charge is -2.13. The summed E-state index contributed by atoms with van der Waals surface area (Å²) in [6.07, 6.45) is 2.04. The minimum Gasteiger partial charge on any atom is -0.480 e. The van der Waals surface area contributed by atoms with Crippen LogP contribution in [0.3, 0.4) is 0 Å². The van der Waals surface area contributed by atoms with Crippen molar-refractivity contribution in [1.29, 1.82) is 0 Å². The van der Waals surface area contributed by atoms with Gasteiger partial charge in [-0.15, -0.1) is 0 Å². The highest BCUT2D eigenvalue weighted by molar-refractivity contribution is 5.82. The van der Waals surface area contributed by atoms with Crippen LogP contribution in [-0.4, -0.2) is 41.4 Å². The maximum absolute atomic E-state index is 11.4. The van der Waals surface area contributed by atoms with Gasteiger partial charge in [0.15, 0.2) is 0 Å². The van der Waals surface area contributed by atoms with Crippen LogP contribution in [-0.2, 0) is 11.2 Å². The second-order valence-electron chi connectivity index (χ2n) is 3.63. The van der Waals surface area contributed by atoms with Gasteiger partial charge < -0.3 is 25.3 Å². The summed E-state index contributed by atoms with van der Waals surface area (Å²) in [5, 5.41) is 22.2. The van der Waals surface area contributed by atoms with E-state index in [0.717, 1.165) is 5.76 Å². The molecule has 0 bridgehead atoms. The van der Waals surface area contributed by atoms with Crippen molar-refractivity contribution in [3.05, 3.63) is 24.2 Å². The van der Waals surface area contributed by atoms with E-state index >= 15 is 0 Å². The molecule has 0 aliphatic carbocycles. The third kappa shape index (κ3) is 4.88. The number of urea groups is 1. The number of carbonyl (C=O) groups is 2. The van der Waals surface area contributed by atoms with Crippen molar-refractivity contribution < 1.29 is 24.2 Å². The molecular formula is C11H16N2O5. The summed E-state index contributed by atoms with van der Waals surface area (Å²) >= 11 is 0. The summed E-state index contributed by atoms with van der Waals surface area (Å²) < 4.78 is 5.07. The Labute approximate surface area is 104 Å². The Kier molecular flexibility index (Phi) is 5.72. The number of aliphatic hydroxyl groups excluding tert-OH is 1. The average molecular weight is 256 g/mol. The second kappa shape index (κ2) is 7.33. The number of aliphatic carboxylic acids is 1. The van der Waals surface area contributed by atoms with Crippen LogP contribution in [0.15, 0.2) is 22.8 Å². The first kappa shape index (κ1) is 14.0. The van der Waals surface area contributed by atoms with E-state index in [2.05, 4.69) is 10.6 Å². The summed E-state index contributed by atoms with van der Waals surface area (Å²) in [6.45, 7) is 0.0362. The summed E-state index contributed by atoms with van der Waals surface area (Å²) in [4.78, 5) is 22.1. The first-order chi connectivity index (χ1) is 8.63. The Hall–Kier alpha value is -2.02. The molecule has 0 saturated heterocycles. The van der Waals surface area contributed by atoms with E-state index in [1.165, 1.54) is 6.26 Å². The minimum atomic E-state index is -1.18. The van der Waals surface area contributed by atoms with Gasteiger partial charge in [0.05, 0.1) is 6.26 Å². The molecule has 7 heteroatoms. The number of hydrogen-bond acceptors (Lipinski definition) is 4. The first-order valence-corrected chi connectivity index (χ1v) is 5.54. The van der Waals surface area contributed by atoms with Crippen molar-refractivity contribution >= 4 is 12.0 Å². The van der Waals surface area contributed by atoms with E-state index in [0.29, 0.717) is 13.0 Å². The second-order valence-corrected chi connectivity index (χ2v) is 3.63. The molecule has 0 spiro atoms. The van der Waals surface area contributed by atoms with E-state index in [4.69, 9.17) is 14.6 Å². The number of carbonyl (C=O) groups excluding carboxylic acids is 1. The molecule has 0 unspecified atom stereocenters. The highest BCUT2D eigenvalue weighted by atomic mass is 16.4. The van der Waals surface area contributed by atoms with Crippen molar-refractivity contribution in [3.63, 3.8) is 0 Å². The largest absolute Gasteiger partial charge is 0.480 e. The van der Waals surface area contributed by atoms with Crippen LogP contribution < -0.4 is 10.6 Å². The lowest BCUT2D eigenvalue weighted by atomic mass is 10.2. The molecule has 0 aliphatic heterocycles. The van der Waals surface area contributed by atoms with Gasteiger partial charge in [0, 0.05) is 26.0 Å². The van der Waals surface area contributed by atoms with Gasteiger partial charge in [-0.3, -0.25) is 0 Å². The summed E-state index contributed by atoms with van der Waals surface area (Å²) in [5.74, 6) is -0.439. The molecule has 0 saturated carbocycles. The lowest BCUT2D eigenvalue weighted by Crippen LogP contribution is -2.46. The Morgan fingerprint density at radius 2 is 2.22 bits per heavy atom. The van der Waals surface area contributed by atoms with E-state index in [-0.39, 0.29) is 13.0 Å². The Bertz CT molecular complexity index is 377. The van der Waals surface area contributed by atoms with Crippen LogP contribution in [0.1, 0.15) is 12.2 Å². The average Bonchev–Trinajstić information content (AvgIpc) is 2.81. The fraction of sp³-hybridized carbons (Fsp3) is 0.455. The molecule has 1 atom stereocenters. The molecule has 0 fully saturated rings. The van der Waals surface area contributed by atoms with Gasteiger partial charge >= 0.3 is 12.0 Å². The highest BCUT2D eigenvalue weighted by Gasteiger charge is 2.18. The van der Waals surface area contributed by atoms with E-state index in [1.54, 1.807) is 12.1 Å². The van der Waals surface area contributed by atoms with Gasteiger partial charge in [-0.05, 0) is 12.1 Å². The number of rotatable bonds is 7. The normalized spacial score (nSPS) is 11.8. The van der Waals surface area contributed by atoms with Gasteiger partial charge in [-0.2, -0.15) is 0 Å². The summed E-state index contributed by atoms with van der Waals surface area (Å²) in [6, 6.07) is 1.86. The van der Waals surface area contributed by atoms with Crippen molar-refractivity contribution in [3.8, 4) is 0 Å². The number of carboxylic acids is 1. The standard InChI is InChI=1S/C11H16N2O5/c14-6-4-9(10(15)16)13-11(17)12-5-3-8-2-1-7-18-8/h1-2,7,9,14H,3-6H2,(H,15,16)(H2,12,13,17)/t9-/m0/s1. The molecule has 0 radical (unpaired) electrons. The maximum Gasteiger partial charge on any atom is 0.326 e. The van der Waals surface area contributed by atoms with E-state index in [9.17, 15) is 9.59 Å². The zero-order valence-corrected chi connectivity index (χ0v) is 9.76. The quantitative estimate of drug-likeness (QED) is 0.546. The molecule has 0 aromatic carbocycles. The molecule has 0 aliphatic rings. The summed E-state index contributed by atoms with van der Waals surface area (Å²) in [7, 11) is 0. The van der Waals surface area contributed by atoms with Gasteiger partial charge in [-0.1, -0.05) is 0 Å². The van der Waals surface area contributed by atoms with Crippen LogP contribution >= 0.6 is 0 Å². The van der Waals surface area contributed by atoms with Gasteiger partial charge in [0.2, 0.25) is 0 Å². The van der Waals surface area contributed by atoms with E-state index < -0.39 is 18.0 Å². The van der Waals surface area contributed by atoms with Crippen LogP contribution in [0.5, 0.6) is 0 Å².